The molecule has 2 rings (SSSR count). The van der Waals surface area contributed by atoms with Gasteiger partial charge in [0.05, 0.1) is 6.42 Å². The summed E-state index contributed by atoms with van der Waals surface area (Å²) in [7, 11) is 0. The van der Waals surface area contributed by atoms with E-state index in [0.717, 1.165) is 0 Å². The van der Waals surface area contributed by atoms with E-state index in [2.05, 4.69) is 16.0 Å². The molecule has 1 saturated heterocycles. The minimum Gasteiger partial charge on any atom is -0.481 e. The van der Waals surface area contributed by atoms with Gasteiger partial charge in [0, 0.05) is 24.7 Å². The molecular weight excluding hydrogens is 274 g/mol. The summed E-state index contributed by atoms with van der Waals surface area (Å²) in [5.41, 5.74) is 1.15. The molecule has 1 aromatic carbocycles. The van der Waals surface area contributed by atoms with Crippen molar-refractivity contribution in [2.45, 2.75) is 25.3 Å². The summed E-state index contributed by atoms with van der Waals surface area (Å²) in [4.78, 5) is 33.5. The van der Waals surface area contributed by atoms with Crippen molar-refractivity contribution in [3.05, 3.63) is 29.8 Å². The van der Waals surface area contributed by atoms with Crippen LogP contribution in [0.3, 0.4) is 0 Å². The SMILES string of the molecule is O=C(O)Cc1cccc(NC(=O)NC2CCC(=O)NC2)c1. The monoisotopic (exact) mass is 291 g/mol. The van der Waals surface area contributed by atoms with Crippen molar-refractivity contribution < 1.29 is 19.5 Å². The second kappa shape index (κ2) is 6.74. The van der Waals surface area contributed by atoms with E-state index in [4.69, 9.17) is 5.11 Å². The lowest BCUT2D eigenvalue weighted by Gasteiger charge is -2.23. The second-order valence-corrected chi connectivity index (χ2v) is 4.91. The van der Waals surface area contributed by atoms with E-state index < -0.39 is 5.97 Å². The summed E-state index contributed by atoms with van der Waals surface area (Å²) >= 11 is 0. The number of aliphatic carboxylic acids is 1. The number of rotatable bonds is 4. The lowest BCUT2D eigenvalue weighted by Crippen LogP contribution is -2.48. The van der Waals surface area contributed by atoms with Crippen LogP contribution in [0.1, 0.15) is 18.4 Å². The van der Waals surface area contributed by atoms with Crippen LogP contribution in [0.2, 0.25) is 0 Å². The highest BCUT2D eigenvalue weighted by Gasteiger charge is 2.19. The molecule has 1 atom stereocenters. The predicted molar refractivity (Wildman–Crippen MR) is 76.0 cm³/mol. The third-order valence-corrected chi connectivity index (χ3v) is 3.14. The Morgan fingerprint density at radius 2 is 2.19 bits per heavy atom. The summed E-state index contributed by atoms with van der Waals surface area (Å²) in [5, 5.41) is 16.9. The molecule has 1 aromatic rings. The third kappa shape index (κ3) is 4.79. The van der Waals surface area contributed by atoms with E-state index in [9.17, 15) is 14.4 Å². The molecule has 21 heavy (non-hydrogen) atoms. The van der Waals surface area contributed by atoms with Gasteiger partial charge < -0.3 is 21.1 Å². The molecule has 1 aliphatic rings. The number of hydrogen-bond acceptors (Lipinski definition) is 3. The lowest BCUT2D eigenvalue weighted by atomic mass is 10.1. The first-order valence-electron chi connectivity index (χ1n) is 6.68. The van der Waals surface area contributed by atoms with Crippen molar-refractivity contribution in [2.75, 3.05) is 11.9 Å². The first kappa shape index (κ1) is 14.8. The zero-order chi connectivity index (χ0) is 15.2. The fourth-order valence-corrected chi connectivity index (χ4v) is 2.14. The highest BCUT2D eigenvalue weighted by Crippen LogP contribution is 2.11. The van der Waals surface area contributed by atoms with E-state index >= 15 is 0 Å². The van der Waals surface area contributed by atoms with Gasteiger partial charge in [-0.2, -0.15) is 0 Å². The molecule has 1 heterocycles. The topological polar surface area (TPSA) is 108 Å². The van der Waals surface area contributed by atoms with Crippen molar-refractivity contribution in [3.63, 3.8) is 0 Å². The molecule has 1 unspecified atom stereocenters. The largest absolute Gasteiger partial charge is 0.481 e. The first-order valence-corrected chi connectivity index (χ1v) is 6.68. The molecule has 3 amide bonds. The van der Waals surface area contributed by atoms with Gasteiger partial charge in [0.25, 0.3) is 0 Å². The van der Waals surface area contributed by atoms with Gasteiger partial charge in [-0.15, -0.1) is 0 Å². The van der Waals surface area contributed by atoms with Gasteiger partial charge in [-0.25, -0.2) is 4.79 Å². The first-order chi connectivity index (χ1) is 10.0. The Morgan fingerprint density at radius 3 is 2.86 bits per heavy atom. The highest BCUT2D eigenvalue weighted by atomic mass is 16.4. The van der Waals surface area contributed by atoms with Crippen LogP contribution in [0.5, 0.6) is 0 Å². The van der Waals surface area contributed by atoms with Crippen LogP contribution in [-0.4, -0.2) is 35.6 Å². The molecular formula is C14H17N3O4. The van der Waals surface area contributed by atoms with E-state index in [0.29, 0.717) is 30.6 Å². The molecule has 0 spiro atoms. The van der Waals surface area contributed by atoms with Crippen LogP contribution >= 0.6 is 0 Å². The van der Waals surface area contributed by atoms with Gasteiger partial charge in [0.15, 0.2) is 0 Å². The Hall–Kier alpha value is -2.57. The molecule has 0 bridgehead atoms. The number of carbonyl (C=O) groups excluding carboxylic acids is 2. The fourth-order valence-electron chi connectivity index (χ4n) is 2.14. The second-order valence-electron chi connectivity index (χ2n) is 4.91. The van der Waals surface area contributed by atoms with Crippen LogP contribution in [0.25, 0.3) is 0 Å². The van der Waals surface area contributed by atoms with Crippen LogP contribution in [-0.2, 0) is 16.0 Å². The maximum absolute atomic E-state index is 11.8. The quantitative estimate of drug-likeness (QED) is 0.655. The van der Waals surface area contributed by atoms with Crippen molar-refractivity contribution in [1.82, 2.24) is 10.6 Å². The molecule has 112 valence electrons. The van der Waals surface area contributed by atoms with Crippen molar-refractivity contribution in [3.8, 4) is 0 Å². The standard InChI is InChI=1S/C14H17N3O4/c18-12-5-4-11(8-15-12)17-14(21)16-10-3-1-2-9(6-10)7-13(19)20/h1-3,6,11H,4-5,7-8H2,(H,15,18)(H,19,20)(H2,16,17,21). The minimum absolute atomic E-state index is 0.00479. The molecule has 7 heteroatoms. The summed E-state index contributed by atoms with van der Waals surface area (Å²) in [6.45, 7) is 0.422. The molecule has 7 nitrogen and oxygen atoms in total. The predicted octanol–water partition coefficient (Wildman–Crippen LogP) is 0.714. The van der Waals surface area contributed by atoms with E-state index in [1.807, 2.05) is 0 Å². The zero-order valence-electron chi connectivity index (χ0n) is 11.4. The van der Waals surface area contributed by atoms with Crippen LogP contribution < -0.4 is 16.0 Å². The molecule has 0 saturated carbocycles. The fraction of sp³-hybridized carbons (Fsp3) is 0.357. The Bertz CT molecular complexity index is 549. The molecule has 1 aliphatic heterocycles. The number of benzene rings is 1. The van der Waals surface area contributed by atoms with Crippen LogP contribution in [0.15, 0.2) is 24.3 Å². The number of carboxylic acids is 1. The number of anilines is 1. The summed E-state index contributed by atoms with van der Waals surface area (Å²) in [6.07, 6.45) is 0.920. The average molecular weight is 291 g/mol. The van der Waals surface area contributed by atoms with E-state index in [1.165, 1.54) is 0 Å². The van der Waals surface area contributed by atoms with Gasteiger partial charge >= 0.3 is 12.0 Å². The van der Waals surface area contributed by atoms with Gasteiger partial charge in [-0.1, -0.05) is 12.1 Å². The Labute approximate surface area is 121 Å². The average Bonchev–Trinajstić information content (AvgIpc) is 2.41. The summed E-state index contributed by atoms with van der Waals surface area (Å²) < 4.78 is 0. The Kier molecular flexibility index (Phi) is 4.76. The Balaban J connectivity index is 1.87. The van der Waals surface area contributed by atoms with Crippen molar-refractivity contribution >= 4 is 23.6 Å². The number of nitrogens with one attached hydrogen (secondary N) is 3. The Morgan fingerprint density at radius 1 is 1.38 bits per heavy atom. The number of piperidine rings is 1. The number of urea groups is 1. The minimum atomic E-state index is -0.922. The molecule has 0 aromatic heterocycles. The van der Waals surface area contributed by atoms with Gasteiger partial charge in [0.1, 0.15) is 0 Å². The van der Waals surface area contributed by atoms with Crippen LogP contribution in [0.4, 0.5) is 10.5 Å². The summed E-state index contributed by atoms with van der Waals surface area (Å²) in [5.74, 6) is -0.927. The van der Waals surface area contributed by atoms with Crippen molar-refractivity contribution in [1.29, 1.82) is 0 Å². The van der Waals surface area contributed by atoms with Crippen molar-refractivity contribution in [2.24, 2.45) is 0 Å². The number of carbonyl (C=O) groups is 3. The molecule has 0 radical (unpaired) electrons. The van der Waals surface area contributed by atoms with Gasteiger partial charge in [-0.3, -0.25) is 9.59 Å². The number of hydrogen-bond donors (Lipinski definition) is 4. The molecule has 1 fully saturated rings. The summed E-state index contributed by atoms with van der Waals surface area (Å²) in [6, 6.07) is 6.22. The lowest BCUT2D eigenvalue weighted by molar-refractivity contribution is -0.136. The maximum Gasteiger partial charge on any atom is 0.319 e. The zero-order valence-corrected chi connectivity index (χ0v) is 11.4. The normalized spacial score (nSPS) is 17.7. The third-order valence-electron chi connectivity index (χ3n) is 3.14. The number of amides is 3. The van der Waals surface area contributed by atoms with Crippen LogP contribution in [0, 0.1) is 0 Å². The van der Waals surface area contributed by atoms with Gasteiger partial charge in [-0.05, 0) is 24.1 Å². The highest BCUT2D eigenvalue weighted by molar-refractivity contribution is 5.90. The van der Waals surface area contributed by atoms with E-state index in [-0.39, 0.29) is 24.4 Å². The smallest absolute Gasteiger partial charge is 0.319 e. The van der Waals surface area contributed by atoms with Gasteiger partial charge in [0.2, 0.25) is 5.91 Å². The number of carboxylic acid groups (broad SMARTS) is 1. The maximum atomic E-state index is 11.8. The molecule has 4 N–H and O–H groups in total. The molecule has 0 aliphatic carbocycles. The van der Waals surface area contributed by atoms with E-state index in [1.54, 1.807) is 24.3 Å².